The van der Waals surface area contributed by atoms with Crippen LogP contribution in [0.1, 0.15) is 29.7 Å². The van der Waals surface area contributed by atoms with Crippen molar-refractivity contribution in [2.24, 2.45) is 4.99 Å². The van der Waals surface area contributed by atoms with Gasteiger partial charge in [-0.1, -0.05) is 29.9 Å². The molecule has 2 aromatic carbocycles. The molecule has 1 aromatic heterocycles. The number of thiazole rings is 1. The summed E-state index contributed by atoms with van der Waals surface area (Å²) in [4.78, 5) is 28.0. The van der Waals surface area contributed by atoms with E-state index in [-0.39, 0.29) is 27.0 Å². The molecular formula is C18H13ClF2N2O3S. The maximum absolute atomic E-state index is 14.2. The van der Waals surface area contributed by atoms with E-state index in [0.717, 1.165) is 17.4 Å². The predicted octanol–water partition coefficient (Wildman–Crippen LogP) is 4.41. The van der Waals surface area contributed by atoms with Crippen molar-refractivity contribution in [1.82, 2.24) is 4.57 Å². The van der Waals surface area contributed by atoms with E-state index in [1.165, 1.54) is 34.9 Å². The minimum atomic E-state index is -1.16. The van der Waals surface area contributed by atoms with Crippen LogP contribution in [0.2, 0.25) is 5.02 Å². The minimum Gasteiger partial charge on any atom is -0.480 e. The van der Waals surface area contributed by atoms with Crippen molar-refractivity contribution >= 4 is 45.0 Å². The van der Waals surface area contributed by atoms with Crippen LogP contribution in [-0.2, 0) is 4.79 Å². The van der Waals surface area contributed by atoms with E-state index in [2.05, 4.69) is 4.99 Å². The fraction of sp³-hybridized carbons (Fsp3) is 0.167. The Balaban J connectivity index is 2.27. The number of amides is 1. The highest BCUT2D eigenvalue weighted by Crippen LogP contribution is 2.27. The van der Waals surface area contributed by atoms with E-state index in [0.29, 0.717) is 5.02 Å². The lowest BCUT2D eigenvalue weighted by Crippen LogP contribution is -2.27. The molecule has 0 bridgehead atoms. The average molecular weight is 411 g/mol. The molecule has 3 rings (SSSR count). The first kappa shape index (κ1) is 19.2. The summed E-state index contributed by atoms with van der Waals surface area (Å²) in [6.07, 6.45) is 0.169. The van der Waals surface area contributed by atoms with Crippen LogP contribution >= 0.6 is 22.9 Å². The van der Waals surface area contributed by atoms with Gasteiger partial charge in [0.2, 0.25) is 0 Å². The number of carbonyl (C=O) groups is 2. The number of nitrogens with zero attached hydrogens (tertiary/aromatic N) is 2. The van der Waals surface area contributed by atoms with Gasteiger partial charge in [-0.2, -0.15) is 4.99 Å². The van der Waals surface area contributed by atoms with Crippen molar-refractivity contribution in [1.29, 1.82) is 0 Å². The molecule has 27 heavy (non-hydrogen) atoms. The molecular weight excluding hydrogens is 398 g/mol. The van der Waals surface area contributed by atoms with Gasteiger partial charge < -0.3 is 9.67 Å². The fourth-order valence-corrected chi connectivity index (χ4v) is 3.86. The smallest absolute Gasteiger partial charge is 0.326 e. The first-order valence-corrected chi connectivity index (χ1v) is 9.09. The molecule has 9 heteroatoms. The monoisotopic (exact) mass is 410 g/mol. The lowest BCUT2D eigenvalue weighted by atomic mass is 10.2. The summed E-state index contributed by atoms with van der Waals surface area (Å²) in [5.74, 6) is -3.97. The second-order valence-electron chi connectivity index (χ2n) is 5.65. The molecule has 3 aromatic rings. The first-order valence-electron chi connectivity index (χ1n) is 7.90. The molecule has 0 saturated heterocycles. The van der Waals surface area contributed by atoms with Gasteiger partial charge in [0, 0.05) is 10.6 Å². The van der Waals surface area contributed by atoms with Crippen molar-refractivity contribution in [3.63, 3.8) is 0 Å². The number of aliphatic carboxylic acids is 1. The molecule has 1 unspecified atom stereocenters. The summed E-state index contributed by atoms with van der Waals surface area (Å²) >= 11 is 6.52. The van der Waals surface area contributed by atoms with Crippen LogP contribution in [0, 0.1) is 11.6 Å². The maximum Gasteiger partial charge on any atom is 0.326 e. The molecule has 140 valence electrons. The van der Waals surface area contributed by atoms with Crippen LogP contribution in [-0.4, -0.2) is 21.6 Å². The van der Waals surface area contributed by atoms with Crippen molar-refractivity contribution in [3.8, 4) is 0 Å². The second-order valence-corrected chi connectivity index (χ2v) is 7.06. The van der Waals surface area contributed by atoms with Crippen molar-refractivity contribution in [2.75, 3.05) is 0 Å². The van der Waals surface area contributed by atoms with Gasteiger partial charge in [0.1, 0.15) is 6.04 Å². The summed E-state index contributed by atoms with van der Waals surface area (Å²) < 4.78 is 28.9. The van der Waals surface area contributed by atoms with E-state index in [4.69, 9.17) is 11.6 Å². The highest BCUT2D eigenvalue weighted by Gasteiger charge is 2.24. The Morgan fingerprint density at radius 2 is 1.89 bits per heavy atom. The number of halogens is 3. The Hall–Kier alpha value is -2.58. The van der Waals surface area contributed by atoms with E-state index in [1.807, 2.05) is 0 Å². The molecule has 0 aliphatic rings. The van der Waals surface area contributed by atoms with Gasteiger partial charge in [-0.15, -0.1) is 0 Å². The molecule has 1 atom stereocenters. The highest BCUT2D eigenvalue weighted by atomic mass is 35.5. The molecule has 0 fully saturated rings. The van der Waals surface area contributed by atoms with Crippen molar-refractivity contribution in [2.45, 2.75) is 19.4 Å². The van der Waals surface area contributed by atoms with E-state index in [9.17, 15) is 23.5 Å². The topological polar surface area (TPSA) is 71.7 Å². The van der Waals surface area contributed by atoms with Crippen molar-refractivity contribution < 1.29 is 23.5 Å². The summed E-state index contributed by atoms with van der Waals surface area (Å²) in [6, 6.07) is 7.10. The lowest BCUT2D eigenvalue weighted by molar-refractivity contribution is -0.140. The van der Waals surface area contributed by atoms with E-state index < -0.39 is 29.6 Å². The summed E-state index contributed by atoms with van der Waals surface area (Å²) in [7, 11) is 0. The zero-order valence-electron chi connectivity index (χ0n) is 13.9. The molecule has 1 heterocycles. The molecule has 0 saturated carbocycles. The number of hydrogen-bond acceptors (Lipinski definition) is 3. The van der Waals surface area contributed by atoms with Crippen LogP contribution < -0.4 is 4.80 Å². The third-order valence-electron chi connectivity index (χ3n) is 3.96. The van der Waals surface area contributed by atoms with Gasteiger partial charge in [-0.05, 0) is 42.8 Å². The number of benzene rings is 2. The Morgan fingerprint density at radius 1 is 1.22 bits per heavy atom. The zero-order valence-corrected chi connectivity index (χ0v) is 15.5. The third-order valence-corrected chi connectivity index (χ3v) is 5.27. The number of carboxylic acids is 1. The summed E-state index contributed by atoms with van der Waals surface area (Å²) in [6.45, 7) is 1.64. The highest BCUT2D eigenvalue weighted by molar-refractivity contribution is 7.16. The van der Waals surface area contributed by atoms with E-state index >= 15 is 0 Å². The van der Waals surface area contributed by atoms with Gasteiger partial charge in [0.05, 0.1) is 10.2 Å². The van der Waals surface area contributed by atoms with Crippen LogP contribution in [0.3, 0.4) is 0 Å². The third kappa shape index (κ3) is 3.63. The number of carboxylic acid groups (broad SMARTS) is 1. The largest absolute Gasteiger partial charge is 0.480 e. The molecule has 0 aliphatic carbocycles. The van der Waals surface area contributed by atoms with E-state index in [1.54, 1.807) is 6.92 Å². The molecule has 0 radical (unpaired) electrons. The van der Waals surface area contributed by atoms with Gasteiger partial charge in [-0.25, -0.2) is 13.6 Å². The minimum absolute atomic E-state index is 0.0244. The van der Waals surface area contributed by atoms with Crippen LogP contribution in [0.25, 0.3) is 10.2 Å². The van der Waals surface area contributed by atoms with Gasteiger partial charge in [0.25, 0.3) is 5.91 Å². The lowest BCUT2D eigenvalue weighted by Gasteiger charge is -2.13. The van der Waals surface area contributed by atoms with Gasteiger partial charge >= 0.3 is 5.97 Å². The normalized spacial score (nSPS) is 13.1. The zero-order chi connectivity index (χ0) is 19.7. The summed E-state index contributed by atoms with van der Waals surface area (Å²) in [5, 5.41) is 9.95. The van der Waals surface area contributed by atoms with Crippen molar-refractivity contribution in [3.05, 3.63) is 63.4 Å². The average Bonchev–Trinajstić information content (AvgIpc) is 2.98. The second kappa shape index (κ2) is 7.58. The predicted molar refractivity (Wildman–Crippen MR) is 98.0 cm³/mol. The number of rotatable bonds is 4. The standard InChI is InChI=1S/C18H13ClF2N2O3S/c1-2-12(17(25)26)23-13-8-7-11(20)14(21)15(13)27-18(23)22-16(24)9-3-5-10(19)6-4-9/h3-8,12H,2H2,1H3,(H,25,26). The van der Waals surface area contributed by atoms with Crippen LogP contribution in [0.5, 0.6) is 0 Å². The number of carbonyl (C=O) groups excluding carboxylic acids is 1. The Labute approximate surface area is 161 Å². The molecule has 0 spiro atoms. The Kier molecular flexibility index (Phi) is 5.38. The van der Waals surface area contributed by atoms with Crippen LogP contribution in [0.15, 0.2) is 41.4 Å². The molecule has 1 N–H and O–H groups in total. The molecule has 1 amide bonds. The Morgan fingerprint density at radius 3 is 2.48 bits per heavy atom. The molecule has 5 nitrogen and oxygen atoms in total. The Bertz CT molecular complexity index is 1110. The van der Waals surface area contributed by atoms with Gasteiger partial charge in [0.15, 0.2) is 16.4 Å². The van der Waals surface area contributed by atoms with Gasteiger partial charge in [-0.3, -0.25) is 4.79 Å². The maximum atomic E-state index is 14.2. The quantitative estimate of drug-likeness (QED) is 0.692. The molecule has 0 aliphatic heterocycles. The number of hydrogen-bond donors (Lipinski definition) is 1. The first-order chi connectivity index (χ1) is 12.8. The fourth-order valence-electron chi connectivity index (χ4n) is 2.64. The van der Waals surface area contributed by atoms with Crippen LogP contribution in [0.4, 0.5) is 8.78 Å². The summed E-state index contributed by atoms with van der Waals surface area (Å²) in [5.41, 5.74) is 0.397. The number of aromatic nitrogens is 1. The number of fused-ring (bicyclic) bond motifs is 1. The SMILES string of the molecule is CCC(C(=O)O)n1c(=NC(=O)c2ccc(Cl)cc2)sc2c(F)c(F)ccc21.